The summed E-state index contributed by atoms with van der Waals surface area (Å²) in [5.74, 6) is 3.77. The zero-order valence-corrected chi connectivity index (χ0v) is 26.8. The first-order valence-corrected chi connectivity index (χ1v) is 19.8. The average molecular weight is 537 g/mol. The Bertz CT molecular complexity index is 1140. The molecule has 1 aliphatic heterocycles. The molecule has 0 bridgehead atoms. The van der Waals surface area contributed by atoms with Crippen LogP contribution in [0.4, 0.5) is 0 Å². The van der Waals surface area contributed by atoms with Crippen LogP contribution < -0.4 is 13.6 Å². The van der Waals surface area contributed by atoms with E-state index in [0.29, 0.717) is 11.8 Å². The molecular formula is C32H48O3Si2. The van der Waals surface area contributed by atoms with E-state index >= 15 is 0 Å². The van der Waals surface area contributed by atoms with Crippen LogP contribution in [-0.2, 0) is 0 Å². The largest absolute Gasteiger partial charge is 0.544 e. The van der Waals surface area contributed by atoms with E-state index in [4.69, 9.17) is 13.6 Å². The normalized spacial score (nSPS) is 22.5. The van der Waals surface area contributed by atoms with Crippen molar-refractivity contribution in [1.82, 2.24) is 0 Å². The molecule has 0 amide bonds. The number of benzene rings is 2. The molecular weight excluding hydrogens is 489 g/mol. The number of hydrogen-bond acceptors (Lipinski definition) is 3. The molecule has 1 aliphatic carbocycles. The molecule has 3 unspecified atom stereocenters. The summed E-state index contributed by atoms with van der Waals surface area (Å²) in [7, 11) is -3.79. The molecule has 0 radical (unpaired) electrons. The number of rotatable bonds is 5. The Labute approximate surface area is 227 Å². The molecule has 0 spiro atoms. The van der Waals surface area contributed by atoms with Crippen LogP contribution in [0.3, 0.4) is 0 Å². The zero-order chi connectivity index (χ0) is 27.4. The molecule has 1 fully saturated rings. The highest BCUT2D eigenvalue weighted by Gasteiger charge is 2.43. The van der Waals surface area contributed by atoms with E-state index in [1.54, 1.807) is 0 Å². The molecule has 0 saturated heterocycles. The Morgan fingerprint density at radius 3 is 1.92 bits per heavy atom. The quantitative estimate of drug-likeness (QED) is 0.281. The Morgan fingerprint density at radius 1 is 0.811 bits per heavy atom. The third-order valence-corrected chi connectivity index (χ3v) is 18.2. The first kappa shape index (κ1) is 28.0. The average Bonchev–Trinajstić information content (AvgIpc) is 2.77. The first-order valence-electron chi connectivity index (χ1n) is 13.9. The molecule has 1 saturated carbocycles. The van der Waals surface area contributed by atoms with Gasteiger partial charge in [0.25, 0.3) is 0 Å². The monoisotopic (exact) mass is 536 g/mol. The lowest BCUT2D eigenvalue weighted by Gasteiger charge is -2.44. The van der Waals surface area contributed by atoms with Crippen molar-refractivity contribution in [2.24, 2.45) is 5.92 Å². The minimum absolute atomic E-state index is 0.0414. The SMILES string of the molecule is C=C1CCC2C(C1)c1cc(O[Si](C)(C)C(C)(C)C)ccc1OC2c1ccc(O[Si](C)(C)C(C)(C)C)cc1. The second-order valence-electron chi connectivity index (χ2n) is 14.3. The molecule has 3 nitrogen and oxygen atoms in total. The summed E-state index contributed by atoms with van der Waals surface area (Å²) in [4.78, 5) is 0. The van der Waals surface area contributed by atoms with Crippen molar-refractivity contribution in [1.29, 1.82) is 0 Å². The maximum Gasteiger partial charge on any atom is 0.250 e. The fourth-order valence-electron chi connectivity index (χ4n) is 4.99. The third kappa shape index (κ3) is 5.73. The van der Waals surface area contributed by atoms with Crippen molar-refractivity contribution in [2.75, 3.05) is 0 Å². The van der Waals surface area contributed by atoms with Gasteiger partial charge in [0.15, 0.2) is 0 Å². The number of hydrogen-bond donors (Lipinski definition) is 0. The minimum Gasteiger partial charge on any atom is -0.544 e. The molecule has 2 aromatic rings. The van der Waals surface area contributed by atoms with Gasteiger partial charge in [0.1, 0.15) is 23.4 Å². The van der Waals surface area contributed by atoms with Gasteiger partial charge in [0, 0.05) is 11.5 Å². The lowest BCUT2D eigenvalue weighted by atomic mass is 9.68. The molecule has 5 heteroatoms. The predicted octanol–water partition coefficient (Wildman–Crippen LogP) is 10.0. The lowest BCUT2D eigenvalue weighted by Crippen LogP contribution is -2.44. The van der Waals surface area contributed by atoms with Gasteiger partial charge in [-0.15, -0.1) is 0 Å². The number of fused-ring (bicyclic) bond motifs is 3. The Hall–Kier alpha value is -1.99. The fraction of sp³-hybridized carbons (Fsp3) is 0.562. The van der Waals surface area contributed by atoms with E-state index in [1.807, 2.05) is 0 Å². The van der Waals surface area contributed by atoms with E-state index in [2.05, 4.69) is 117 Å². The van der Waals surface area contributed by atoms with Gasteiger partial charge in [0.05, 0.1) is 0 Å². The maximum absolute atomic E-state index is 6.76. The van der Waals surface area contributed by atoms with Crippen molar-refractivity contribution < 1.29 is 13.6 Å². The summed E-state index contributed by atoms with van der Waals surface area (Å²) in [6, 6.07) is 15.2. The first-order chi connectivity index (χ1) is 17.0. The second kappa shape index (κ2) is 9.64. The van der Waals surface area contributed by atoms with E-state index in [-0.39, 0.29) is 16.2 Å². The Kier molecular flexibility index (Phi) is 7.30. The van der Waals surface area contributed by atoms with Crippen LogP contribution in [0, 0.1) is 5.92 Å². The van der Waals surface area contributed by atoms with E-state index in [0.717, 1.165) is 36.5 Å². The standard InChI is InChI=1S/C32H48O3Si2/c1-22-12-18-26-27(20-22)28-21-25(35-37(10,11)32(5,6)7)17-19-29(28)33-30(26)23-13-15-24(16-14-23)34-36(8,9)31(2,3)4/h13-17,19,21,26-27,30H,1,12,18,20H2,2-11H3. The number of allylic oxidation sites excluding steroid dienone is 1. The van der Waals surface area contributed by atoms with Crippen LogP contribution in [-0.4, -0.2) is 16.6 Å². The van der Waals surface area contributed by atoms with Gasteiger partial charge in [-0.1, -0.05) is 65.8 Å². The lowest BCUT2D eigenvalue weighted by molar-refractivity contribution is 0.0772. The molecule has 2 aromatic carbocycles. The zero-order valence-electron chi connectivity index (χ0n) is 24.8. The molecule has 2 aliphatic rings. The van der Waals surface area contributed by atoms with Crippen molar-refractivity contribution in [2.45, 2.75) is 109 Å². The molecule has 37 heavy (non-hydrogen) atoms. The summed E-state index contributed by atoms with van der Waals surface area (Å²) >= 11 is 0. The summed E-state index contributed by atoms with van der Waals surface area (Å²) < 4.78 is 20.0. The second-order valence-corrected chi connectivity index (χ2v) is 23.7. The van der Waals surface area contributed by atoms with Crippen molar-refractivity contribution in [3.8, 4) is 17.2 Å². The fourth-order valence-corrected chi connectivity index (χ4v) is 7.04. The maximum atomic E-state index is 6.76. The van der Waals surface area contributed by atoms with Crippen LogP contribution in [0.2, 0.25) is 36.3 Å². The molecule has 0 N–H and O–H groups in total. The Balaban J connectivity index is 1.62. The van der Waals surface area contributed by atoms with Gasteiger partial charge in [-0.3, -0.25) is 0 Å². The van der Waals surface area contributed by atoms with Crippen molar-refractivity contribution >= 4 is 16.6 Å². The predicted molar refractivity (Wildman–Crippen MR) is 161 cm³/mol. The molecule has 1 heterocycles. The smallest absolute Gasteiger partial charge is 0.250 e. The highest BCUT2D eigenvalue weighted by atomic mass is 28.4. The van der Waals surface area contributed by atoms with Crippen LogP contribution in [0.15, 0.2) is 54.6 Å². The topological polar surface area (TPSA) is 27.7 Å². The van der Waals surface area contributed by atoms with Gasteiger partial charge in [-0.2, -0.15) is 0 Å². The summed E-state index contributed by atoms with van der Waals surface area (Å²) in [5.41, 5.74) is 3.87. The van der Waals surface area contributed by atoms with E-state index < -0.39 is 16.6 Å². The van der Waals surface area contributed by atoms with Gasteiger partial charge in [0.2, 0.25) is 16.6 Å². The van der Waals surface area contributed by atoms with Gasteiger partial charge >= 0.3 is 0 Å². The van der Waals surface area contributed by atoms with Gasteiger partial charge in [-0.05, 0) is 97.3 Å². The highest BCUT2D eigenvalue weighted by Crippen LogP contribution is 2.54. The number of ether oxygens (including phenoxy) is 1. The minimum atomic E-state index is -1.92. The van der Waals surface area contributed by atoms with Crippen molar-refractivity contribution in [3.05, 3.63) is 65.7 Å². The van der Waals surface area contributed by atoms with Gasteiger partial charge < -0.3 is 13.6 Å². The van der Waals surface area contributed by atoms with Gasteiger partial charge in [-0.25, -0.2) is 0 Å². The molecule has 0 aromatic heterocycles. The van der Waals surface area contributed by atoms with E-state index in [1.165, 1.54) is 16.7 Å². The van der Waals surface area contributed by atoms with Crippen LogP contribution in [0.1, 0.15) is 84.0 Å². The van der Waals surface area contributed by atoms with Crippen LogP contribution in [0.25, 0.3) is 0 Å². The summed E-state index contributed by atoms with van der Waals surface area (Å²) in [5, 5.41) is 0.333. The van der Waals surface area contributed by atoms with Crippen LogP contribution >= 0.6 is 0 Å². The van der Waals surface area contributed by atoms with E-state index in [9.17, 15) is 0 Å². The Morgan fingerprint density at radius 2 is 1.35 bits per heavy atom. The molecule has 4 rings (SSSR count). The summed E-state index contributed by atoms with van der Waals surface area (Å²) in [6.07, 6.45) is 3.24. The van der Waals surface area contributed by atoms with Crippen molar-refractivity contribution in [3.63, 3.8) is 0 Å². The molecule has 202 valence electrons. The van der Waals surface area contributed by atoms with Crippen LogP contribution in [0.5, 0.6) is 17.2 Å². The third-order valence-electron chi connectivity index (χ3n) is 9.45. The highest BCUT2D eigenvalue weighted by molar-refractivity contribution is 6.75. The summed E-state index contributed by atoms with van der Waals surface area (Å²) in [6.45, 7) is 27.3. The molecule has 3 atom stereocenters.